The molecule has 0 bridgehead atoms. The van der Waals surface area contributed by atoms with Gasteiger partial charge in [0.1, 0.15) is 0 Å². The third-order valence-corrected chi connectivity index (χ3v) is 31.1. The van der Waals surface area contributed by atoms with Gasteiger partial charge in [0.2, 0.25) is 0 Å². The molecule has 0 aliphatic rings. The van der Waals surface area contributed by atoms with E-state index in [-0.39, 0.29) is 0 Å². The summed E-state index contributed by atoms with van der Waals surface area (Å²) in [7, 11) is -3.50. The van der Waals surface area contributed by atoms with Crippen molar-refractivity contribution in [1.82, 2.24) is 0 Å². The molecule has 0 radical (unpaired) electrons. The van der Waals surface area contributed by atoms with Crippen LogP contribution in [0.3, 0.4) is 0 Å². The Morgan fingerprint density at radius 3 is 1.58 bits per heavy atom. The molecule has 0 heterocycles. The van der Waals surface area contributed by atoms with Crippen LogP contribution in [0.15, 0.2) is 70.3 Å². The van der Waals surface area contributed by atoms with Gasteiger partial charge in [-0.1, -0.05) is 0 Å². The monoisotopic (exact) mass is 630 g/mol. The summed E-state index contributed by atoms with van der Waals surface area (Å²) in [5.74, 6) is 0. The fraction of sp³-hybridized carbons (Fsp3) is 0.562. The van der Waals surface area contributed by atoms with E-state index in [1.165, 1.54) is 63.1 Å². The van der Waals surface area contributed by atoms with Gasteiger partial charge < -0.3 is 0 Å². The first kappa shape index (κ1) is 31.6. The molecule has 0 saturated carbocycles. The van der Waals surface area contributed by atoms with Crippen LogP contribution in [-0.2, 0) is 4.43 Å². The standard InChI is InChI=1S/C20H27OSi2.3C4H9.Sn/c1-22(2,19-13-7-5-8-14-19)18-12-11-17-21-23(3,4)20-15-9-6-10-16-20;3*1-3-4-2;/h5-11,13-16H,17-18H2,1-4H3;3*1,3-4H2,2H3;. The Morgan fingerprint density at radius 2 is 1.14 bits per heavy atom. The molecule has 4 heteroatoms. The Labute approximate surface area is 230 Å². The van der Waals surface area contributed by atoms with Gasteiger partial charge in [-0.2, -0.15) is 0 Å². The molecule has 2 aromatic rings. The zero-order valence-corrected chi connectivity index (χ0v) is 29.4. The first-order chi connectivity index (χ1) is 17.2. The van der Waals surface area contributed by atoms with E-state index >= 15 is 0 Å². The molecule has 0 aromatic heterocycles. The van der Waals surface area contributed by atoms with Gasteiger partial charge in [-0.25, -0.2) is 0 Å². The van der Waals surface area contributed by atoms with Crippen molar-refractivity contribution in [2.75, 3.05) is 6.61 Å². The Kier molecular flexibility index (Phi) is 13.8. The molecule has 2 aromatic carbocycles. The molecular formula is C32H54OSi2Sn. The molecular weight excluding hydrogens is 575 g/mol. The normalized spacial score (nSPS) is 13.2. The SMILES string of the molecule is CCC[CH2][Sn]([CH2]CCC)([CH2]CCC)/[C](=C/CO[Si](C)(C)c1ccccc1)C[Si](C)(C)c1ccccc1. The third-order valence-electron chi connectivity index (χ3n) is 8.14. The van der Waals surface area contributed by atoms with Crippen molar-refractivity contribution in [2.24, 2.45) is 0 Å². The maximum absolute atomic E-state index is 6.79. The zero-order chi connectivity index (χ0) is 26.5. The fourth-order valence-electron chi connectivity index (χ4n) is 5.62. The van der Waals surface area contributed by atoms with Crippen LogP contribution < -0.4 is 10.4 Å². The van der Waals surface area contributed by atoms with Crippen LogP contribution >= 0.6 is 0 Å². The number of rotatable bonds is 17. The molecule has 36 heavy (non-hydrogen) atoms. The number of allylic oxidation sites excluding steroid dienone is 1. The molecule has 0 spiro atoms. The fourth-order valence-corrected chi connectivity index (χ4v) is 32.2. The summed E-state index contributed by atoms with van der Waals surface area (Å²) in [6, 6.07) is 23.7. The Morgan fingerprint density at radius 1 is 0.694 bits per heavy atom. The summed E-state index contributed by atoms with van der Waals surface area (Å²) >= 11 is -2.55. The van der Waals surface area contributed by atoms with E-state index < -0.39 is 34.8 Å². The zero-order valence-electron chi connectivity index (χ0n) is 24.5. The third kappa shape index (κ3) is 9.60. The van der Waals surface area contributed by atoms with Crippen molar-refractivity contribution in [3.8, 4) is 0 Å². The Hall–Kier alpha value is -0.628. The number of unbranched alkanes of at least 4 members (excludes halogenated alkanes) is 3. The van der Waals surface area contributed by atoms with Gasteiger partial charge in [-0.15, -0.1) is 0 Å². The first-order valence-electron chi connectivity index (χ1n) is 14.7. The molecule has 2 rings (SSSR count). The predicted molar refractivity (Wildman–Crippen MR) is 171 cm³/mol. The van der Waals surface area contributed by atoms with Gasteiger partial charge in [0.05, 0.1) is 0 Å². The van der Waals surface area contributed by atoms with Gasteiger partial charge in [0, 0.05) is 0 Å². The van der Waals surface area contributed by atoms with Crippen LogP contribution in [0, 0.1) is 0 Å². The van der Waals surface area contributed by atoms with Crippen molar-refractivity contribution >= 4 is 45.1 Å². The van der Waals surface area contributed by atoms with Gasteiger partial charge in [0.15, 0.2) is 0 Å². The summed E-state index contributed by atoms with van der Waals surface area (Å²) in [6.45, 7) is 17.9. The number of hydrogen-bond acceptors (Lipinski definition) is 1. The van der Waals surface area contributed by atoms with E-state index in [0.717, 1.165) is 6.61 Å². The van der Waals surface area contributed by atoms with Crippen molar-refractivity contribution < 1.29 is 4.43 Å². The molecule has 0 saturated heterocycles. The average Bonchev–Trinajstić information content (AvgIpc) is 2.89. The predicted octanol–water partition coefficient (Wildman–Crippen LogP) is 9.05. The van der Waals surface area contributed by atoms with Gasteiger partial charge in [-0.05, 0) is 0 Å². The average molecular weight is 630 g/mol. The minimum atomic E-state index is -2.55. The van der Waals surface area contributed by atoms with Crippen molar-refractivity contribution in [3.05, 3.63) is 70.3 Å². The molecule has 0 aliphatic heterocycles. The summed E-state index contributed by atoms with van der Waals surface area (Å²) < 4.78 is 13.3. The van der Waals surface area contributed by atoms with E-state index in [9.17, 15) is 0 Å². The summed E-state index contributed by atoms with van der Waals surface area (Å²) in [5.41, 5.74) is 0. The van der Waals surface area contributed by atoms with E-state index in [2.05, 4.69) is 114 Å². The van der Waals surface area contributed by atoms with Crippen LogP contribution in [0.5, 0.6) is 0 Å². The summed E-state index contributed by atoms with van der Waals surface area (Å²) in [5, 5.41) is 3.01. The maximum atomic E-state index is 6.79. The minimum absolute atomic E-state index is 0.797. The molecule has 0 amide bonds. The van der Waals surface area contributed by atoms with Gasteiger partial charge >= 0.3 is 231 Å². The van der Waals surface area contributed by atoms with E-state index in [0.29, 0.717) is 0 Å². The number of benzene rings is 2. The van der Waals surface area contributed by atoms with Crippen LogP contribution in [0.1, 0.15) is 59.3 Å². The quantitative estimate of drug-likeness (QED) is 0.159. The van der Waals surface area contributed by atoms with Crippen molar-refractivity contribution in [2.45, 2.75) is 105 Å². The summed E-state index contributed by atoms with van der Waals surface area (Å²) in [4.78, 5) is 0. The molecule has 0 fully saturated rings. The second-order valence-corrected chi connectivity index (χ2v) is 33.9. The van der Waals surface area contributed by atoms with Crippen molar-refractivity contribution in [3.63, 3.8) is 0 Å². The second-order valence-electron chi connectivity index (χ2n) is 11.9. The van der Waals surface area contributed by atoms with Crippen LogP contribution in [0.2, 0.25) is 45.5 Å². The van der Waals surface area contributed by atoms with Crippen LogP contribution in [0.25, 0.3) is 0 Å². The molecule has 0 aliphatic carbocycles. The molecule has 0 atom stereocenters. The molecule has 1 nitrogen and oxygen atoms in total. The summed E-state index contributed by atoms with van der Waals surface area (Å²) in [6.07, 6.45) is 10.9. The molecule has 200 valence electrons. The second kappa shape index (κ2) is 15.7. The van der Waals surface area contributed by atoms with Gasteiger partial charge in [0.25, 0.3) is 0 Å². The number of hydrogen-bond donors (Lipinski definition) is 0. The van der Waals surface area contributed by atoms with Crippen molar-refractivity contribution in [1.29, 1.82) is 0 Å². The first-order valence-corrected chi connectivity index (χ1v) is 28.2. The topological polar surface area (TPSA) is 9.23 Å². The van der Waals surface area contributed by atoms with E-state index in [1.807, 2.05) is 3.59 Å². The van der Waals surface area contributed by atoms with Crippen LogP contribution in [-0.4, -0.2) is 41.4 Å². The van der Waals surface area contributed by atoms with Gasteiger partial charge in [-0.3, -0.25) is 0 Å². The molecule has 0 unspecified atom stereocenters. The van der Waals surface area contributed by atoms with E-state index in [4.69, 9.17) is 4.43 Å². The Balaban J connectivity index is 2.46. The molecule has 0 N–H and O–H groups in total. The van der Waals surface area contributed by atoms with E-state index in [1.54, 1.807) is 5.19 Å². The Bertz CT molecular complexity index is 871. The van der Waals surface area contributed by atoms with Crippen LogP contribution in [0.4, 0.5) is 0 Å².